The van der Waals surface area contributed by atoms with E-state index in [4.69, 9.17) is 46.9 Å². The molecule has 58 heavy (non-hydrogen) atoms. The molecule has 7 rings (SSSR count). The van der Waals surface area contributed by atoms with Gasteiger partial charge in [-0.2, -0.15) is 8.42 Å². The number of rotatable bonds is 11. The summed E-state index contributed by atoms with van der Waals surface area (Å²) in [6, 6.07) is 22.8. The highest BCUT2D eigenvalue weighted by atomic mass is 32.3. The van der Waals surface area contributed by atoms with E-state index in [9.17, 15) is 9.59 Å². The number of hydrogen-bond donors (Lipinski definition) is 4. The Balaban J connectivity index is 0.00000107. The molecule has 2 aromatic heterocycles. The van der Waals surface area contributed by atoms with Crippen molar-refractivity contribution in [3.63, 3.8) is 0 Å². The van der Waals surface area contributed by atoms with E-state index in [1.807, 2.05) is 78.4 Å². The van der Waals surface area contributed by atoms with Gasteiger partial charge in [-0.1, -0.05) is 48.0 Å². The van der Waals surface area contributed by atoms with Gasteiger partial charge >= 0.3 is 10.4 Å². The molecule has 0 radical (unpaired) electrons. The van der Waals surface area contributed by atoms with Crippen LogP contribution in [-0.2, 0) is 31.2 Å². The Hall–Kier alpha value is -5.62. The first-order valence-corrected chi connectivity index (χ1v) is 20.0. The minimum absolute atomic E-state index is 0.0866. The van der Waals surface area contributed by atoms with Gasteiger partial charge in [0.25, 0.3) is 5.91 Å². The number of carbonyl (C=O) groups is 1. The van der Waals surface area contributed by atoms with E-state index in [2.05, 4.69) is 10.3 Å². The molecule has 4 heterocycles. The van der Waals surface area contributed by atoms with Crippen molar-refractivity contribution in [2.24, 2.45) is 5.92 Å². The normalized spacial score (nSPS) is 15.8. The second kappa shape index (κ2) is 19.2. The fraction of sp³-hybridized carbons (Fsp3) is 0.310. The lowest BCUT2D eigenvalue weighted by Gasteiger charge is -2.23. The molecule has 2 aliphatic heterocycles. The predicted molar refractivity (Wildman–Crippen MR) is 219 cm³/mol. The van der Waals surface area contributed by atoms with Crippen LogP contribution in [0, 0.1) is 12.8 Å². The standard InChI is InChI=1S/C42H44N4O7.H2O4S/c1-27-3-5-30(6-4-27)36-23-46(22-28-13-15-50-16-14-28)24-37(40(36)47)42(48)45-33-10-7-29(8-11-33)35-19-32(21-44-41(35)43)31-9-12-38(39(20-31)49-2)53-26-34-25-51-17-18-52-34;1-5(2,3)4/h3-12,19-21,23-24,28,34H,13-18,22,25-26H2,1-2H3,(H2,43,44)(H,45,48);(H2,1,2,3,4)/t34-;/m1./s1. The number of benzene rings is 3. The van der Waals surface area contributed by atoms with Gasteiger partial charge in [-0.15, -0.1) is 0 Å². The molecule has 2 fully saturated rings. The van der Waals surface area contributed by atoms with Crippen molar-refractivity contribution in [1.82, 2.24) is 9.55 Å². The Morgan fingerprint density at radius 3 is 2.22 bits per heavy atom. The van der Waals surface area contributed by atoms with Crippen molar-refractivity contribution in [3.05, 3.63) is 113 Å². The third-order valence-corrected chi connectivity index (χ3v) is 9.68. The van der Waals surface area contributed by atoms with Crippen LogP contribution in [0.3, 0.4) is 0 Å². The molecular formula is C42H46N4O11S. The summed E-state index contributed by atoms with van der Waals surface area (Å²) >= 11 is 0. The summed E-state index contributed by atoms with van der Waals surface area (Å²) < 4.78 is 61.9. The summed E-state index contributed by atoms with van der Waals surface area (Å²) in [6.45, 7) is 6.13. The number of aromatic nitrogens is 2. The summed E-state index contributed by atoms with van der Waals surface area (Å²) in [6.07, 6.45) is 6.99. The molecule has 5 aromatic rings. The fourth-order valence-electron chi connectivity index (χ4n) is 6.64. The van der Waals surface area contributed by atoms with Crippen molar-refractivity contribution < 1.29 is 46.0 Å². The summed E-state index contributed by atoms with van der Waals surface area (Å²) in [5, 5.41) is 2.94. The number of nitrogens with two attached hydrogens (primary N) is 1. The van der Waals surface area contributed by atoms with Crippen LogP contribution in [0.25, 0.3) is 33.4 Å². The number of nitrogens with zero attached hydrogens (tertiary/aromatic N) is 2. The molecule has 306 valence electrons. The first kappa shape index (κ1) is 42.0. The molecule has 2 aliphatic rings. The van der Waals surface area contributed by atoms with Gasteiger partial charge in [0.2, 0.25) is 5.43 Å². The van der Waals surface area contributed by atoms with Gasteiger partial charge in [0.05, 0.1) is 26.9 Å². The molecule has 5 N–H and O–H groups in total. The van der Waals surface area contributed by atoms with Crippen LogP contribution >= 0.6 is 0 Å². The number of ether oxygens (including phenoxy) is 5. The summed E-state index contributed by atoms with van der Waals surface area (Å²) in [7, 11) is -3.07. The second-order valence-electron chi connectivity index (χ2n) is 13.9. The molecule has 2 saturated heterocycles. The van der Waals surface area contributed by atoms with Crippen molar-refractivity contribution in [1.29, 1.82) is 0 Å². The number of carbonyl (C=O) groups excluding carboxylic acids is 1. The maximum Gasteiger partial charge on any atom is 0.394 e. The zero-order valence-electron chi connectivity index (χ0n) is 32.1. The quantitative estimate of drug-likeness (QED) is 0.114. The molecule has 0 aliphatic carbocycles. The number of hydrogen-bond acceptors (Lipinski definition) is 11. The number of anilines is 2. The third-order valence-electron chi connectivity index (χ3n) is 9.68. The van der Waals surface area contributed by atoms with E-state index < -0.39 is 16.3 Å². The summed E-state index contributed by atoms with van der Waals surface area (Å²) in [5.74, 6) is 1.48. The maximum atomic E-state index is 13.8. The number of amides is 1. The van der Waals surface area contributed by atoms with Crippen LogP contribution in [0.1, 0.15) is 28.8 Å². The second-order valence-corrected chi connectivity index (χ2v) is 14.8. The smallest absolute Gasteiger partial charge is 0.394 e. The lowest BCUT2D eigenvalue weighted by molar-refractivity contribution is -0.101. The first-order valence-electron chi connectivity index (χ1n) is 18.6. The van der Waals surface area contributed by atoms with Gasteiger partial charge in [-0.05, 0) is 72.7 Å². The van der Waals surface area contributed by atoms with Crippen LogP contribution < -0.4 is 26.0 Å². The molecule has 0 unspecified atom stereocenters. The highest BCUT2D eigenvalue weighted by molar-refractivity contribution is 7.79. The monoisotopic (exact) mass is 814 g/mol. The Bertz CT molecular complexity index is 2350. The number of methoxy groups -OCH3 is 1. The number of aryl methyl sites for hydroxylation is 1. The van der Waals surface area contributed by atoms with Crippen LogP contribution in [0.15, 0.2) is 96.2 Å². The average Bonchev–Trinajstić information content (AvgIpc) is 3.21. The Labute approximate surface area is 336 Å². The molecular weight excluding hydrogens is 769 g/mol. The van der Waals surface area contributed by atoms with E-state index >= 15 is 0 Å². The summed E-state index contributed by atoms with van der Waals surface area (Å²) in [5.41, 5.74) is 12.3. The predicted octanol–water partition coefficient (Wildman–Crippen LogP) is 5.96. The molecule has 0 bridgehead atoms. The Morgan fingerprint density at radius 2 is 1.55 bits per heavy atom. The number of pyridine rings is 2. The number of nitrogen functional groups attached to an aromatic ring is 1. The van der Waals surface area contributed by atoms with Crippen LogP contribution in [0.4, 0.5) is 11.5 Å². The van der Waals surface area contributed by atoms with Gasteiger partial charge in [0, 0.05) is 60.7 Å². The van der Waals surface area contributed by atoms with E-state index in [1.165, 1.54) is 0 Å². The van der Waals surface area contributed by atoms with Crippen LogP contribution in [-0.4, -0.2) is 85.8 Å². The Morgan fingerprint density at radius 1 is 0.879 bits per heavy atom. The molecule has 1 amide bonds. The maximum absolute atomic E-state index is 13.8. The zero-order valence-corrected chi connectivity index (χ0v) is 32.9. The zero-order chi connectivity index (χ0) is 41.2. The SMILES string of the molecule is COc1cc(-c2cnc(N)c(-c3ccc(NC(=O)c4cn(CC5CCOCC5)cc(-c5ccc(C)cc5)c4=O)cc3)c2)ccc1OC[C@H]1COCCO1.O=S(=O)(O)O. The lowest BCUT2D eigenvalue weighted by Crippen LogP contribution is -2.33. The molecule has 0 saturated carbocycles. The van der Waals surface area contributed by atoms with E-state index in [1.54, 1.807) is 31.6 Å². The fourth-order valence-corrected chi connectivity index (χ4v) is 6.64. The first-order chi connectivity index (χ1) is 27.8. The average molecular weight is 815 g/mol. The third kappa shape index (κ3) is 11.5. The van der Waals surface area contributed by atoms with Crippen molar-refractivity contribution in [2.45, 2.75) is 32.4 Å². The van der Waals surface area contributed by atoms with E-state index in [-0.39, 0.29) is 17.1 Å². The minimum Gasteiger partial charge on any atom is -0.493 e. The van der Waals surface area contributed by atoms with E-state index in [0.29, 0.717) is 67.5 Å². The molecule has 1 atom stereocenters. The van der Waals surface area contributed by atoms with Gasteiger partial charge in [-0.25, -0.2) is 4.98 Å². The highest BCUT2D eigenvalue weighted by Crippen LogP contribution is 2.35. The number of nitrogens with one attached hydrogen (secondary N) is 1. The van der Waals surface area contributed by atoms with Gasteiger partial charge in [-0.3, -0.25) is 18.7 Å². The van der Waals surface area contributed by atoms with Crippen molar-refractivity contribution >= 4 is 27.8 Å². The van der Waals surface area contributed by atoms with Crippen molar-refractivity contribution in [3.8, 4) is 44.9 Å². The van der Waals surface area contributed by atoms with Gasteiger partial charge < -0.3 is 39.3 Å². The van der Waals surface area contributed by atoms with Crippen LogP contribution in [0.5, 0.6) is 11.5 Å². The molecule has 0 spiro atoms. The highest BCUT2D eigenvalue weighted by Gasteiger charge is 2.21. The molecule has 15 nitrogen and oxygen atoms in total. The minimum atomic E-state index is -4.67. The molecule has 3 aromatic carbocycles. The van der Waals surface area contributed by atoms with Crippen LogP contribution in [0.2, 0.25) is 0 Å². The summed E-state index contributed by atoms with van der Waals surface area (Å²) in [4.78, 5) is 32.0. The molecule has 16 heteroatoms. The van der Waals surface area contributed by atoms with Gasteiger partial charge in [0.1, 0.15) is 24.1 Å². The van der Waals surface area contributed by atoms with Gasteiger partial charge in [0.15, 0.2) is 11.5 Å². The van der Waals surface area contributed by atoms with Crippen molar-refractivity contribution in [2.75, 3.05) is 57.8 Å². The lowest BCUT2D eigenvalue weighted by atomic mass is 9.99. The topological polar surface area (TPSA) is 211 Å². The van der Waals surface area contributed by atoms with E-state index in [0.717, 1.165) is 59.4 Å². The Kier molecular flexibility index (Phi) is 13.9. The largest absolute Gasteiger partial charge is 0.493 e.